The van der Waals surface area contributed by atoms with Gasteiger partial charge in [-0.15, -0.1) is 0 Å². The maximum Gasteiger partial charge on any atom is 0.282 e. The van der Waals surface area contributed by atoms with Crippen LogP contribution in [0.1, 0.15) is 5.56 Å². The Morgan fingerprint density at radius 3 is 2.44 bits per heavy atom. The van der Waals surface area contributed by atoms with Crippen molar-refractivity contribution < 1.29 is 19.2 Å². The topological polar surface area (TPSA) is 115 Å². The highest BCUT2D eigenvalue weighted by atomic mass is 127. The summed E-state index contributed by atoms with van der Waals surface area (Å²) in [6.07, 6.45) is 1.18. The normalized spacial score (nSPS) is 10.5. The van der Waals surface area contributed by atoms with Crippen LogP contribution in [0.4, 0.5) is 11.4 Å². The lowest BCUT2D eigenvalue weighted by Gasteiger charge is -2.08. The smallest absolute Gasteiger partial charge is 0.282 e. The Balaban J connectivity index is 2.02. The number of carbonyl (C=O) groups is 1. The summed E-state index contributed by atoms with van der Waals surface area (Å²) in [5.41, 5.74) is 3.06. The minimum Gasteiger partial charge on any atom is -0.493 e. The number of benzene rings is 2. The number of nitrogens with zero attached hydrogens (tertiary/aromatic N) is 2. The Hall–Kier alpha value is -2.89. The van der Waals surface area contributed by atoms with Gasteiger partial charge in [0, 0.05) is 9.26 Å². The molecule has 0 fully saturated rings. The molecule has 0 bridgehead atoms. The third kappa shape index (κ3) is 5.81. The van der Waals surface area contributed by atoms with E-state index in [1.807, 2.05) is 24.3 Å². The van der Waals surface area contributed by atoms with Gasteiger partial charge in [0.25, 0.3) is 11.6 Å². The van der Waals surface area contributed by atoms with Crippen LogP contribution in [-0.2, 0) is 4.79 Å². The minimum absolute atomic E-state index is 0.00591. The number of halogens is 1. The number of hydrogen-bond acceptors (Lipinski definition) is 7. The van der Waals surface area contributed by atoms with Crippen LogP contribution in [0, 0.1) is 13.7 Å². The molecule has 2 aromatic carbocycles. The number of hydrazone groups is 1. The largest absolute Gasteiger partial charge is 0.493 e. The second-order valence-electron chi connectivity index (χ2n) is 5.18. The number of anilines is 1. The first kappa shape index (κ1) is 20.4. The average Bonchev–Trinajstić information content (AvgIpc) is 2.66. The van der Waals surface area contributed by atoms with E-state index in [4.69, 9.17) is 9.47 Å². The third-order valence-electron chi connectivity index (χ3n) is 3.42. The number of methoxy groups -OCH3 is 2. The number of ether oxygens (including phenoxy) is 2. The number of nitrogens with one attached hydrogen (secondary N) is 2. The molecule has 0 aliphatic rings. The molecule has 0 aromatic heterocycles. The second kappa shape index (κ2) is 9.71. The Morgan fingerprint density at radius 1 is 1.22 bits per heavy atom. The number of nitro groups is 1. The highest BCUT2D eigenvalue weighted by molar-refractivity contribution is 14.1. The van der Waals surface area contributed by atoms with Gasteiger partial charge in [0.2, 0.25) is 0 Å². The molecule has 9 nitrogen and oxygen atoms in total. The molecular weight excluding hydrogens is 467 g/mol. The van der Waals surface area contributed by atoms with E-state index in [1.54, 1.807) is 0 Å². The van der Waals surface area contributed by atoms with E-state index in [2.05, 4.69) is 38.4 Å². The summed E-state index contributed by atoms with van der Waals surface area (Å²) in [5, 5.41) is 17.9. The zero-order valence-corrected chi connectivity index (χ0v) is 16.7. The summed E-state index contributed by atoms with van der Waals surface area (Å²) in [6.45, 7) is 0.00591. The van der Waals surface area contributed by atoms with Crippen LogP contribution in [0.5, 0.6) is 11.5 Å². The van der Waals surface area contributed by atoms with Crippen LogP contribution in [0.15, 0.2) is 41.5 Å². The molecule has 0 heterocycles. The van der Waals surface area contributed by atoms with Gasteiger partial charge in [-0.25, -0.2) is 5.43 Å². The molecule has 0 saturated heterocycles. The molecule has 2 rings (SSSR count). The first-order valence-corrected chi connectivity index (χ1v) is 8.74. The summed E-state index contributed by atoms with van der Waals surface area (Å²) >= 11 is 2.19. The molecular formula is C17H17IN4O5. The molecule has 0 atom stereocenters. The Morgan fingerprint density at radius 2 is 1.85 bits per heavy atom. The van der Waals surface area contributed by atoms with Crippen molar-refractivity contribution in [2.75, 3.05) is 26.1 Å². The van der Waals surface area contributed by atoms with Gasteiger partial charge >= 0.3 is 0 Å². The summed E-state index contributed by atoms with van der Waals surface area (Å²) in [5.74, 6) is 0.149. The summed E-state index contributed by atoms with van der Waals surface area (Å²) in [4.78, 5) is 22.5. The fourth-order valence-corrected chi connectivity index (χ4v) is 2.47. The van der Waals surface area contributed by atoms with Crippen molar-refractivity contribution in [2.24, 2.45) is 5.10 Å². The van der Waals surface area contributed by atoms with Gasteiger partial charge in [0.15, 0.2) is 11.5 Å². The zero-order valence-electron chi connectivity index (χ0n) is 14.6. The van der Waals surface area contributed by atoms with E-state index in [0.29, 0.717) is 5.75 Å². The van der Waals surface area contributed by atoms with Gasteiger partial charge in [-0.05, 0) is 52.9 Å². The lowest BCUT2D eigenvalue weighted by atomic mass is 10.1. The maximum atomic E-state index is 11.8. The third-order valence-corrected chi connectivity index (χ3v) is 4.14. The molecule has 1 amide bonds. The number of carbonyl (C=O) groups excluding carboxylic acids is 1. The van der Waals surface area contributed by atoms with Crippen molar-refractivity contribution in [3.63, 3.8) is 0 Å². The first-order valence-electron chi connectivity index (χ1n) is 7.66. The van der Waals surface area contributed by atoms with E-state index in [1.165, 1.54) is 32.6 Å². The van der Waals surface area contributed by atoms with E-state index in [0.717, 1.165) is 9.26 Å². The van der Waals surface area contributed by atoms with Gasteiger partial charge < -0.3 is 14.8 Å². The van der Waals surface area contributed by atoms with Gasteiger partial charge in [-0.2, -0.15) is 5.10 Å². The maximum absolute atomic E-state index is 11.8. The lowest BCUT2D eigenvalue weighted by Crippen LogP contribution is -2.25. The predicted octanol–water partition coefficient (Wildman–Crippen LogP) is 2.78. The highest BCUT2D eigenvalue weighted by Crippen LogP contribution is 2.33. The SMILES string of the molecule is COc1cc(/C=N/NC(=O)CNc2ccc(I)cc2)c([N+](=O)[O-])cc1OC. The van der Waals surface area contributed by atoms with E-state index < -0.39 is 10.8 Å². The van der Waals surface area contributed by atoms with Crippen molar-refractivity contribution in [3.8, 4) is 11.5 Å². The molecule has 27 heavy (non-hydrogen) atoms. The highest BCUT2D eigenvalue weighted by Gasteiger charge is 2.18. The van der Waals surface area contributed by atoms with Crippen LogP contribution >= 0.6 is 22.6 Å². The van der Waals surface area contributed by atoms with Crippen LogP contribution in [0.3, 0.4) is 0 Å². The zero-order chi connectivity index (χ0) is 19.8. The molecule has 0 radical (unpaired) electrons. The Kier molecular flexibility index (Phi) is 7.34. The summed E-state index contributed by atoms with van der Waals surface area (Å²) in [7, 11) is 2.80. The molecule has 2 aromatic rings. The number of amides is 1. The fourth-order valence-electron chi connectivity index (χ4n) is 2.11. The summed E-state index contributed by atoms with van der Waals surface area (Å²) < 4.78 is 11.3. The summed E-state index contributed by atoms with van der Waals surface area (Å²) in [6, 6.07) is 10.2. The quantitative estimate of drug-likeness (QED) is 0.258. The van der Waals surface area contributed by atoms with Gasteiger partial charge in [0.05, 0.1) is 43.5 Å². The molecule has 0 saturated carbocycles. The molecule has 0 aliphatic carbocycles. The van der Waals surface area contributed by atoms with Gasteiger partial charge in [-0.1, -0.05) is 0 Å². The van der Waals surface area contributed by atoms with Crippen molar-refractivity contribution >= 4 is 46.1 Å². The van der Waals surface area contributed by atoms with E-state index in [-0.39, 0.29) is 23.5 Å². The molecule has 2 N–H and O–H groups in total. The van der Waals surface area contributed by atoms with Gasteiger partial charge in [0.1, 0.15) is 0 Å². The van der Waals surface area contributed by atoms with Crippen molar-refractivity contribution in [1.82, 2.24) is 5.43 Å². The minimum atomic E-state index is -0.566. The Labute approximate surface area is 169 Å². The monoisotopic (exact) mass is 484 g/mol. The fraction of sp³-hybridized carbons (Fsp3) is 0.176. The average molecular weight is 484 g/mol. The van der Waals surface area contributed by atoms with E-state index >= 15 is 0 Å². The van der Waals surface area contributed by atoms with Crippen LogP contribution in [-0.4, -0.2) is 37.8 Å². The van der Waals surface area contributed by atoms with Crippen LogP contribution < -0.4 is 20.2 Å². The van der Waals surface area contributed by atoms with Crippen molar-refractivity contribution in [1.29, 1.82) is 0 Å². The van der Waals surface area contributed by atoms with Crippen LogP contribution in [0.2, 0.25) is 0 Å². The van der Waals surface area contributed by atoms with E-state index in [9.17, 15) is 14.9 Å². The molecule has 10 heteroatoms. The number of hydrogen-bond donors (Lipinski definition) is 2. The van der Waals surface area contributed by atoms with Gasteiger partial charge in [-0.3, -0.25) is 14.9 Å². The molecule has 0 unspecified atom stereocenters. The number of nitro benzene ring substituents is 1. The molecule has 142 valence electrons. The van der Waals surface area contributed by atoms with Crippen LogP contribution in [0.25, 0.3) is 0 Å². The predicted molar refractivity (Wildman–Crippen MR) is 110 cm³/mol. The number of rotatable bonds is 8. The second-order valence-corrected chi connectivity index (χ2v) is 6.42. The molecule has 0 aliphatic heterocycles. The molecule has 0 spiro atoms. The van der Waals surface area contributed by atoms with Crippen molar-refractivity contribution in [2.45, 2.75) is 0 Å². The standard InChI is InChI=1S/C17H17IN4O5/c1-26-15-7-11(14(22(24)25)8-16(15)27-2)9-20-21-17(23)10-19-13-5-3-12(18)4-6-13/h3-9,19H,10H2,1-2H3,(H,21,23)/b20-9+. The van der Waals surface area contributed by atoms with Crippen molar-refractivity contribution in [3.05, 3.63) is 55.6 Å². The first-order chi connectivity index (χ1) is 12.9. The lowest BCUT2D eigenvalue weighted by molar-refractivity contribution is -0.385. The Bertz CT molecular complexity index is 855.